The molecule has 3 heteroatoms. The number of hydrogen-bond acceptors (Lipinski definition) is 3. The Morgan fingerprint density at radius 2 is 1.82 bits per heavy atom. The van der Waals surface area contributed by atoms with Crippen LogP contribution in [0.25, 0.3) is 6.08 Å². The quantitative estimate of drug-likeness (QED) is 0.844. The molecule has 2 aliphatic rings. The minimum Gasteiger partial charge on any atom is -0.493 e. The van der Waals surface area contributed by atoms with Crippen LogP contribution < -0.4 is 15.2 Å². The van der Waals surface area contributed by atoms with Crippen LogP contribution in [0.2, 0.25) is 0 Å². The highest BCUT2D eigenvalue weighted by Gasteiger charge is 2.28. The zero-order valence-electron chi connectivity index (χ0n) is 10.1. The lowest BCUT2D eigenvalue weighted by molar-refractivity contribution is 0.354. The van der Waals surface area contributed by atoms with Gasteiger partial charge < -0.3 is 15.2 Å². The van der Waals surface area contributed by atoms with Crippen LogP contribution in [-0.2, 0) is 12.8 Å². The van der Waals surface area contributed by atoms with Crippen LogP contribution in [0.5, 0.6) is 11.5 Å². The van der Waals surface area contributed by atoms with Gasteiger partial charge in [0.15, 0.2) is 0 Å². The number of ether oxygens (including phenoxy) is 2. The van der Waals surface area contributed by atoms with Crippen molar-refractivity contribution < 1.29 is 9.47 Å². The maximum absolute atomic E-state index is 5.79. The summed E-state index contributed by atoms with van der Waals surface area (Å²) >= 11 is 0. The Balaban J connectivity index is 2.22. The summed E-state index contributed by atoms with van der Waals surface area (Å²) in [4.78, 5) is 0. The van der Waals surface area contributed by atoms with Crippen LogP contribution in [0.4, 0.5) is 0 Å². The fourth-order valence-electron chi connectivity index (χ4n) is 2.74. The van der Waals surface area contributed by atoms with E-state index < -0.39 is 0 Å². The van der Waals surface area contributed by atoms with Gasteiger partial charge in [0.25, 0.3) is 0 Å². The lowest BCUT2D eigenvalue weighted by Crippen LogP contribution is -1.96. The third-order valence-corrected chi connectivity index (χ3v) is 3.53. The SMILES string of the molecule is Cc1c2c(c(/C=C/CN)c3c1OCC3)OCC2. The maximum atomic E-state index is 5.79. The highest BCUT2D eigenvalue weighted by Crippen LogP contribution is 2.44. The van der Waals surface area contributed by atoms with Crippen LogP contribution in [0.15, 0.2) is 6.08 Å². The molecule has 0 aliphatic carbocycles. The van der Waals surface area contributed by atoms with Crippen LogP contribution in [0.3, 0.4) is 0 Å². The molecule has 0 spiro atoms. The minimum absolute atomic E-state index is 0.554. The van der Waals surface area contributed by atoms with E-state index in [1.54, 1.807) is 0 Å². The normalized spacial score (nSPS) is 16.8. The predicted molar refractivity (Wildman–Crippen MR) is 67.7 cm³/mol. The smallest absolute Gasteiger partial charge is 0.130 e. The second kappa shape index (κ2) is 4.08. The standard InChI is InChI=1S/C14H17NO2/c1-9-10-4-7-17-14(10)11(3-2-6-15)12-5-8-16-13(9)12/h2-3H,4-8,15H2,1H3/b3-2+. The lowest BCUT2D eigenvalue weighted by atomic mass is 9.95. The molecule has 0 atom stereocenters. The first-order chi connectivity index (χ1) is 8.33. The van der Waals surface area contributed by atoms with Crippen LogP contribution in [-0.4, -0.2) is 19.8 Å². The molecule has 3 nitrogen and oxygen atoms in total. The summed E-state index contributed by atoms with van der Waals surface area (Å²) in [6.07, 6.45) is 6.01. The van der Waals surface area contributed by atoms with Gasteiger partial charge >= 0.3 is 0 Å². The molecule has 90 valence electrons. The van der Waals surface area contributed by atoms with Crippen LogP contribution in [0, 0.1) is 6.92 Å². The Bertz CT molecular complexity index is 456. The molecule has 1 aromatic rings. The Labute approximate surface area is 101 Å². The second-order valence-electron chi connectivity index (χ2n) is 4.49. The molecule has 0 saturated carbocycles. The van der Waals surface area contributed by atoms with Crippen molar-refractivity contribution in [2.75, 3.05) is 19.8 Å². The molecular formula is C14H17NO2. The van der Waals surface area contributed by atoms with E-state index in [2.05, 4.69) is 13.0 Å². The fourth-order valence-corrected chi connectivity index (χ4v) is 2.74. The predicted octanol–water partition coefficient (Wildman–Crippen LogP) is 1.84. The van der Waals surface area contributed by atoms with Gasteiger partial charge in [-0.2, -0.15) is 0 Å². The molecule has 0 aromatic heterocycles. The van der Waals surface area contributed by atoms with Crippen LogP contribution >= 0.6 is 0 Å². The minimum atomic E-state index is 0.554. The van der Waals surface area contributed by atoms with E-state index in [-0.39, 0.29) is 0 Å². The molecular weight excluding hydrogens is 214 g/mol. The number of rotatable bonds is 2. The molecule has 2 aliphatic heterocycles. The van der Waals surface area contributed by atoms with Crippen molar-refractivity contribution in [1.82, 2.24) is 0 Å². The van der Waals surface area contributed by atoms with Crippen molar-refractivity contribution in [2.24, 2.45) is 5.73 Å². The molecule has 0 unspecified atom stereocenters. The fraction of sp³-hybridized carbons (Fsp3) is 0.429. The van der Waals surface area contributed by atoms with Crippen molar-refractivity contribution in [3.8, 4) is 11.5 Å². The first-order valence-corrected chi connectivity index (χ1v) is 6.13. The van der Waals surface area contributed by atoms with Crippen molar-refractivity contribution in [2.45, 2.75) is 19.8 Å². The summed E-state index contributed by atoms with van der Waals surface area (Å²) < 4.78 is 11.5. The number of benzene rings is 1. The average molecular weight is 231 g/mol. The summed E-state index contributed by atoms with van der Waals surface area (Å²) in [6, 6.07) is 0. The molecule has 0 amide bonds. The third-order valence-electron chi connectivity index (χ3n) is 3.53. The van der Waals surface area contributed by atoms with Crippen molar-refractivity contribution in [3.05, 3.63) is 28.3 Å². The summed E-state index contributed by atoms with van der Waals surface area (Å²) in [5, 5.41) is 0. The summed E-state index contributed by atoms with van der Waals surface area (Å²) in [7, 11) is 0. The highest BCUT2D eigenvalue weighted by molar-refractivity contribution is 5.71. The molecule has 1 aromatic carbocycles. The van der Waals surface area contributed by atoms with Gasteiger partial charge in [-0.25, -0.2) is 0 Å². The Kier molecular flexibility index (Phi) is 2.56. The number of hydrogen-bond donors (Lipinski definition) is 1. The second-order valence-corrected chi connectivity index (χ2v) is 4.49. The zero-order chi connectivity index (χ0) is 11.8. The van der Waals surface area contributed by atoms with E-state index in [0.29, 0.717) is 6.54 Å². The molecule has 0 bridgehead atoms. The monoisotopic (exact) mass is 231 g/mol. The summed E-state index contributed by atoms with van der Waals surface area (Å²) in [6.45, 7) is 4.25. The van der Waals surface area contributed by atoms with E-state index in [1.165, 1.54) is 22.3 Å². The van der Waals surface area contributed by atoms with Gasteiger partial charge in [-0.15, -0.1) is 0 Å². The van der Waals surface area contributed by atoms with Crippen molar-refractivity contribution in [1.29, 1.82) is 0 Å². The first kappa shape index (κ1) is 10.7. The van der Waals surface area contributed by atoms with Gasteiger partial charge in [0.2, 0.25) is 0 Å². The van der Waals surface area contributed by atoms with E-state index >= 15 is 0 Å². The largest absolute Gasteiger partial charge is 0.493 e. The molecule has 0 radical (unpaired) electrons. The van der Waals surface area contributed by atoms with Gasteiger partial charge in [-0.3, -0.25) is 0 Å². The molecule has 0 fully saturated rings. The van der Waals surface area contributed by atoms with Crippen molar-refractivity contribution in [3.63, 3.8) is 0 Å². The van der Waals surface area contributed by atoms with E-state index in [0.717, 1.165) is 37.6 Å². The Morgan fingerprint density at radius 1 is 1.12 bits per heavy atom. The highest BCUT2D eigenvalue weighted by atomic mass is 16.5. The van der Waals surface area contributed by atoms with Crippen LogP contribution in [0.1, 0.15) is 22.3 Å². The topological polar surface area (TPSA) is 44.5 Å². The van der Waals surface area contributed by atoms with Gasteiger partial charge in [0, 0.05) is 36.1 Å². The first-order valence-electron chi connectivity index (χ1n) is 6.13. The molecule has 2 N–H and O–H groups in total. The van der Waals surface area contributed by atoms with E-state index in [9.17, 15) is 0 Å². The number of nitrogens with two attached hydrogens (primary N) is 1. The molecule has 17 heavy (non-hydrogen) atoms. The Hall–Kier alpha value is -1.48. The molecule has 2 heterocycles. The zero-order valence-corrected chi connectivity index (χ0v) is 10.1. The molecule has 0 saturated heterocycles. The molecule has 3 rings (SSSR count). The van der Waals surface area contributed by atoms with Gasteiger partial charge in [-0.1, -0.05) is 12.2 Å². The summed E-state index contributed by atoms with van der Waals surface area (Å²) in [5.41, 5.74) is 10.6. The van der Waals surface area contributed by atoms with E-state index in [4.69, 9.17) is 15.2 Å². The van der Waals surface area contributed by atoms with Gasteiger partial charge in [0.05, 0.1) is 13.2 Å². The average Bonchev–Trinajstić information content (AvgIpc) is 2.97. The van der Waals surface area contributed by atoms with Crippen molar-refractivity contribution >= 4 is 6.08 Å². The maximum Gasteiger partial charge on any atom is 0.130 e. The third kappa shape index (κ3) is 1.53. The Morgan fingerprint density at radius 3 is 2.59 bits per heavy atom. The summed E-state index contributed by atoms with van der Waals surface area (Å²) in [5.74, 6) is 2.13. The van der Waals surface area contributed by atoms with E-state index in [1.807, 2.05) is 6.08 Å². The van der Waals surface area contributed by atoms with Gasteiger partial charge in [0.1, 0.15) is 11.5 Å². The number of fused-ring (bicyclic) bond motifs is 2. The lowest BCUT2D eigenvalue weighted by Gasteiger charge is -2.13. The van der Waals surface area contributed by atoms with Gasteiger partial charge in [-0.05, 0) is 12.5 Å².